The molecule has 1 saturated heterocycles. The van der Waals surface area contributed by atoms with E-state index in [0.717, 1.165) is 12.1 Å². The summed E-state index contributed by atoms with van der Waals surface area (Å²) in [6.45, 7) is 3.04. The van der Waals surface area contributed by atoms with Gasteiger partial charge in [0.1, 0.15) is 13.2 Å². The van der Waals surface area contributed by atoms with Crippen LogP contribution in [0.1, 0.15) is 11.7 Å². The van der Waals surface area contributed by atoms with Crippen LogP contribution >= 0.6 is 0 Å². The number of nitrogens with one attached hydrogen (secondary N) is 1. The Bertz CT molecular complexity index is 418. The van der Waals surface area contributed by atoms with Gasteiger partial charge in [0.05, 0.1) is 12.7 Å². The minimum Gasteiger partial charge on any atom is -0.486 e. The Balaban J connectivity index is 1.98. The lowest BCUT2D eigenvalue weighted by molar-refractivity contribution is 0.0242. The van der Waals surface area contributed by atoms with Gasteiger partial charge in [-0.25, -0.2) is 4.39 Å². The third-order valence-corrected chi connectivity index (χ3v) is 2.95. The molecule has 4 nitrogen and oxygen atoms in total. The molecule has 1 unspecified atom stereocenters. The van der Waals surface area contributed by atoms with Gasteiger partial charge < -0.3 is 19.5 Å². The molecule has 92 valence electrons. The summed E-state index contributed by atoms with van der Waals surface area (Å²) in [5.74, 6) is 0.320. The number of rotatable bonds is 1. The van der Waals surface area contributed by atoms with E-state index >= 15 is 0 Å². The molecule has 0 saturated carbocycles. The summed E-state index contributed by atoms with van der Waals surface area (Å²) >= 11 is 0. The van der Waals surface area contributed by atoms with Crippen LogP contribution in [0.25, 0.3) is 0 Å². The highest BCUT2D eigenvalue weighted by molar-refractivity contribution is 5.49. The summed E-state index contributed by atoms with van der Waals surface area (Å²) in [5.41, 5.74) is 0.855. The lowest BCUT2D eigenvalue weighted by Crippen LogP contribution is -2.34. The predicted octanol–water partition coefficient (Wildman–Crippen LogP) is 1.26. The molecule has 0 bridgehead atoms. The first-order valence-electron chi connectivity index (χ1n) is 5.76. The summed E-state index contributed by atoms with van der Waals surface area (Å²) in [6, 6.07) is 3.11. The maximum atomic E-state index is 13.6. The standard InChI is InChI=1S/C12H14FNO3/c13-9-2-1-8(10-7-14-3-4-15-10)11-12(9)17-6-5-16-11/h1-2,10,14H,3-7H2. The van der Waals surface area contributed by atoms with Gasteiger partial charge in [-0.1, -0.05) is 0 Å². The molecule has 1 aromatic rings. The van der Waals surface area contributed by atoms with Gasteiger partial charge in [0.2, 0.25) is 0 Å². The summed E-state index contributed by atoms with van der Waals surface area (Å²) in [7, 11) is 0. The molecule has 3 rings (SSSR count). The largest absolute Gasteiger partial charge is 0.486 e. The molecule has 1 fully saturated rings. The molecular weight excluding hydrogens is 225 g/mol. The molecule has 1 aromatic carbocycles. The Morgan fingerprint density at radius 3 is 2.71 bits per heavy atom. The van der Waals surface area contributed by atoms with Crippen molar-refractivity contribution in [2.24, 2.45) is 0 Å². The van der Waals surface area contributed by atoms with Crippen molar-refractivity contribution >= 4 is 0 Å². The van der Waals surface area contributed by atoms with Crippen LogP contribution in [0.3, 0.4) is 0 Å². The second kappa shape index (κ2) is 4.50. The molecule has 0 aromatic heterocycles. The smallest absolute Gasteiger partial charge is 0.197 e. The van der Waals surface area contributed by atoms with E-state index in [4.69, 9.17) is 14.2 Å². The second-order valence-corrected chi connectivity index (χ2v) is 4.06. The van der Waals surface area contributed by atoms with Gasteiger partial charge in [-0.15, -0.1) is 0 Å². The van der Waals surface area contributed by atoms with E-state index in [1.165, 1.54) is 6.07 Å². The van der Waals surface area contributed by atoms with Crippen LogP contribution in [0.2, 0.25) is 0 Å². The van der Waals surface area contributed by atoms with Crippen molar-refractivity contribution in [3.05, 3.63) is 23.5 Å². The van der Waals surface area contributed by atoms with Gasteiger partial charge in [0.15, 0.2) is 17.3 Å². The normalized spacial score (nSPS) is 23.5. The fourth-order valence-corrected chi connectivity index (χ4v) is 2.14. The van der Waals surface area contributed by atoms with Crippen molar-refractivity contribution in [3.63, 3.8) is 0 Å². The third-order valence-electron chi connectivity index (χ3n) is 2.95. The zero-order valence-corrected chi connectivity index (χ0v) is 9.37. The van der Waals surface area contributed by atoms with Gasteiger partial charge in [-0.2, -0.15) is 0 Å². The van der Waals surface area contributed by atoms with Crippen molar-refractivity contribution in [2.45, 2.75) is 6.10 Å². The highest BCUT2D eigenvalue weighted by Crippen LogP contribution is 2.40. The molecule has 0 amide bonds. The molecular formula is C12H14FNO3. The average molecular weight is 239 g/mol. The molecule has 1 N–H and O–H groups in total. The van der Waals surface area contributed by atoms with Crippen molar-refractivity contribution in [2.75, 3.05) is 32.9 Å². The number of hydrogen-bond acceptors (Lipinski definition) is 4. The first-order chi connectivity index (χ1) is 8.36. The van der Waals surface area contributed by atoms with Crippen LogP contribution < -0.4 is 14.8 Å². The van der Waals surface area contributed by atoms with E-state index in [0.29, 0.717) is 32.1 Å². The summed E-state index contributed by atoms with van der Waals surface area (Å²) < 4.78 is 30.0. The van der Waals surface area contributed by atoms with Crippen molar-refractivity contribution in [1.29, 1.82) is 0 Å². The zero-order chi connectivity index (χ0) is 11.7. The molecule has 2 heterocycles. The van der Waals surface area contributed by atoms with Crippen molar-refractivity contribution < 1.29 is 18.6 Å². The molecule has 0 radical (unpaired) electrons. The van der Waals surface area contributed by atoms with E-state index < -0.39 is 0 Å². The quantitative estimate of drug-likeness (QED) is 0.801. The van der Waals surface area contributed by atoms with Gasteiger partial charge in [0, 0.05) is 18.7 Å². The SMILES string of the molecule is Fc1ccc(C2CNCCO2)c2c1OCCO2. The van der Waals surface area contributed by atoms with Crippen LogP contribution in [0.15, 0.2) is 12.1 Å². The van der Waals surface area contributed by atoms with E-state index in [1.54, 1.807) is 6.07 Å². The first-order valence-corrected chi connectivity index (χ1v) is 5.76. The van der Waals surface area contributed by atoms with Crippen molar-refractivity contribution in [3.8, 4) is 11.5 Å². The summed E-state index contributed by atoms with van der Waals surface area (Å²) in [5, 5.41) is 3.24. The minimum absolute atomic E-state index is 0.0974. The Morgan fingerprint density at radius 2 is 1.94 bits per heavy atom. The highest BCUT2D eigenvalue weighted by Gasteiger charge is 2.26. The maximum absolute atomic E-state index is 13.6. The number of fused-ring (bicyclic) bond motifs is 1. The number of ether oxygens (including phenoxy) is 3. The van der Waals surface area contributed by atoms with E-state index in [1.807, 2.05) is 0 Å². The Morgan fingerprint density at radius 1 is 1.12 bits per heavy atom. The minimum atomic E-state index is -0.382. The molecule has 17 heavy (non-hydrogen) atoms. The van der Waals surface area contributed by atoms with Crippen LogP contribution in [0.4, 0.5) is 4.39 Å². The van der Waals surface area contributed by atoms with Gasteiger partial charge in [0.25, 0.3) is 0 Å². The Labute approximate surface area is 98.7 Å². The fourth-order valence-electron chi connectivity index (χ4n) is 2.14. The molecule has 5 heteroatoms. The molecule has 2 aliphatic rings. The molecule has 1 atom stereocenters. The lowest BCUT2D eigenvalue weighted by atomic mass is 10.1. The predicted molar refractivity (Wildman–Crippen MR) is 59.0 cm³/mol. The summed E-state index contributed by atoms with van der Waals surface area (Å²) in [6.07, 6.45) is -0.0974. The highest BCUT2D eigenvalue weighted by atomic mass is 19.1. The lowest BCUT2D eigenvalue weighted by Gasteiger charge is -2.28. The average Bonchev–Trinajstić information content (AvgIpc) is 2.41. The van der Waals surface area contributed by atoms with Crippen LogP contribution in [0, 0.1) is 5.82 Å². The van der Waals surface area contributed by atoms with Gasteiger partial charge in [-0.3, -0.25) is 0 Å². The molecule has 0 aliphatic carbocycles. The molecule has 2 aliphatic heterocycles. The second-order valence-electron chi connectivity index (χ2n) is 4.06. The Kier molecular flexibility index (Phi) is 2.86. The zero-order valence-electron chi connectivity index (χ0n) is 9.37. The van der Waals surface area contributed by atoms with E-state index in [2.05, 4.69) is 5.32 Å². The van der Waals surface area contributed by atoms with Crippen LogP contribution in [-0.2, 0) is 4.74 Å². The third kappa shape index (κ3) is 1.96. The number of halogens is 1. The van der Waals surface area contributed by atoms with E-state index in [9.17, 15) is 4.39 Å². The fraction of sp³-hybridized carbons (Fsp3) is 0.500. The number of hydrogen-bond donors (Lipinski definition) is 1. The number of benzene rings is 1. The summed E-state index contributed by atoms with van der Waals surface area (Å²) in [4.78, 5) is 0. The number of morpholine rings is 1. The maximum Gasteiger partial charge on any atom is 0.197 e. The van der Waals surface area contributed by atoms with E-state index in [-0.39, 0.29) is 17.7 Å². The van der Waals surface area contributed by atoms with Gasteiger partial charge in [-0.05, 0) is 12.1 Å². The topological polar surface area (TPSA) is 39.7 Å². The van der Waals surface area contributed by atoms with Crippen molar-refractivity contribution in [1.82, 2.24) is 5.32 Å². The first kappa shape index (κ1) is 10.8. The van der Waals surface area contributed by atoms with Crippen LogP contribution in [0.5, 0.6) is 11.5 Å². The van der Waals surface area contributed by atoms with Crippen LogP contribution in [-0.4, -0.2) is 32.9 Å². The Hall–Kier alpha value is -1.33. The molecule has 0 spiro atoms. The van der Waals surface area contributed by atoms with Gasteiger partial charge >= 0.3 is 0 Å². The monoisotopic (exact) mass is 239 g/mol.